The molecular weight excluding hydrogens is 373 g/mol. The average Bonchev–Trinajstić information content (AvgIpc) is 2.64. The molecule has 0 aliphatic carbocycles. The number of nitrogens with zero attached hydrogens (tertiary/aromatic N) is 2. The Morgan fingerprint density at radius 1 is 1.19 bits per heavy atom. The van der Waals surface area contributed by atoms with Gasteiger partial charge in [-0.05, 0) is 42.0 Å². The lowest BCUT2D eigenvalue weighted by Gasteiger charge is -2.36. The molecule has 0 radical (unpaired) electrons. The quantitative estimate of drug-likeness (QED) is 0.792. The van der Waals surface area contributed by atoms with Crippen molar-refractivity contribution in [3.63, 3.8) is 0 Å². The third-order valence-electron chi connectivity index (χ3n) is 4.39. The predicted molar refractivity (Wildman–Crippen MR) is 107 cm³/mol. The van der Waals surface area contributed by atoms with Gasteiger partial charge in [-0.1, -0.05) is 23.7 Å². The van der Waals surface area contributed by atoms with Crippen molar-refractivity contribution in [1.82, 2.24) is 9.80 Å². The van der Waals surface area contributed by atoms with Gasteiger partial charge >= 0.3 is 0 Å². The van der Waals surface area contributed by atoms with Crippen LogP contribution in [0.2, 0.25) is 5.02 Å². The molecule has 0 saturated carbocycles. The Morgan fingerprint density at radius 2 is 1.96 bits per heavy atom. The van der Waals surface area contributed by atoms with Gasteiger partial charge in [0, 0.05) is 49.5 Å². The Bertz CT molecular complexity index is 781. The normalized spacial score (nSPS) is 15.0. The van der Waals surface area contributed by atoms with E-state index in [1.807, 2.05) is 24.3 Å². The largest absolute Gasteiger partial charge is 0.497 e. The topological polar surface area (TPSA) is 27.7 Å². The number of halogens is 2. The van der Waals surface area contributed by atoms with E-state index in [0.29, 0.717) is 16.7 Å². The zero-order valence-electron chi connectivity index (χ0n) is 14.5. The number of rotatable bonds is 4. The molecule has 0 atom stereocenters. The number of benzene rings is 2. The molecule has 0 aromatic heterocycles. The van der Waals surface area contributed by atoms with Gasteiger partial charge in [0.15, 0.2) is 5.11 Å². The Labute approximate surface area is 163 Å². The molecule has 0 unspecified atom stereocenters. The van der Waals surface area contributed by atoms with Gasteiger partial charge in [-0.15, -0.1) is 0 Å². The highest BCUT2D eigenvalue weighted by molar-refractivity contribution is 7.80. The van der Waals surface area contributed by atoms with Gasteiger partial charge in [0.1, 0.15) is 11.6 Å². The zero-order chi connectivity index (χ0) is 18.5. The highest BCUT2D eigenvalue weighted by Crippen LogP contribution is 2.20. The molecule has 1 N–H and O–H groups in total. The summed E-state index contributed by atoms with van der Waals surface area (Å²) in [6, 6.07) is 12.3. The number of anilines is 1. The Balaban J connectivity index is 1.52. The monoisotopic (exact) mass is 393 g/mol. The number of hydrogen-bond acceptors (Lipinski definition) is 3. The number of nitrogens with one attached hydrogen (secondary N) is 1. The van der Waals surface area contributed by atoms with E-state index in [2.05, 4.69) is 15.1 Å². The minimum Gasteiger partial charge on any atom is -0.497 e. The summed E-state index contributed by atoms with van der Waals surface area (Å²) in [4.78, 5) is 4.45. The number of piperazine rings is 1. The van der Waals surface area contributed by atoms with E-state index >= 15 is 0 Å². The third kappa shape index (κ3) is 4.84. The van der Waals surface area contributed by atoms with E-state index in [9.17, 15) is 4.39 Å². The Morgan fingerprint density at radius 3 is 2.65 bits per heavy atom. The molecule has 1 aliphatic rings. The molecule has 3 rings (SSSR count). The maximum Gasteiger partial charge on any atom is 0.173 e. The lowest BCUT2D eigenvalue weighted by atomic mass is 10.2. The van der Waals surface area contributed by atoms with Gasteiger partial charge in [0.25, 0.3) is 0 Å². The van der Waals surface area contributed by atoms with Crippen LogP contribution in [0.5, 0.6) is 5.75 Å². The van der Waals surface area contributed by atoms with Crippen molar-refractivity contribution in [2.24, 2.45) is 0 Å². The molecular formula is C19H21ClFN3OS. The molecule has 26 heavy (non-hydrogen) atoms. The summed E-state index contributed by atoms with van der Waals surface area (Å²) >= 11 is 11.7. The summed E-state index contributed by atoms with van der Waals surface area (Å²) in [5.41, 5.74) is 1.86. The van der Waals surface area contributed by atoms with Gasteiger partial charge in [-0.25, -0.2) is 4.39 Å². The molecule has 2 aromatic rings. The van der Waals surface area contributed by atoms with Crippen LogP contribution in [0.3, 0.4) is 0 Å². The summed E-state index contributed by atoms with van der Waals surface area (Å²) in [6.07, 6.45) is 0. The highest BCUT2D eigenvalue weighted by Gasteiger charge is 2.20. The fraction of sp³-hybridized carbons (Fsp3) is 0.316. The van der Waals surface area contributed by atoms with E-state index in [-0.39, 0.29) is 5.82 Å². The SMILES string of the molecule is COc1cccc(NC(=S)N2CCN(Cc3ccc(F)cc3Cl)CC2)c1. The first-order valence-corrected chi connectivity index (χ1v) is 9.20. The van der Waals surface area contributed by atoms with Gasteiger partial charge < -0.3 is 15.0 Å². The van der Waals surface area contributed by atoms with Gasteiger partial charge in [0.05, 0.1) is 7.11 Å². The molecule has 2 aromatic carbocycles. The molecule has 138 valence electrons. The van der Waals surface area contributed by atoms with Crippen LogP contribution in [0.25, 0.3) is 0 Å². The van der Waals surface area contributed by atoms with Gasteiger partial charge in [0.2, 0.25) is 0 Å². The van der Waals surface area contributed by atoms with Gasteiger partial charge in [-0.3, -0.25) is 4.90 Å². The highest BCUT2D eigenvalue weighted by atomic mass is 35.5. The molecule has 1 saturated heterocycles. The lowest BCUT2D eigenvalue weighted by molar-refractivity contribution is 0.177. The molecule has 1 heterocycles. The van der Waals surface area contributed by atoms with Crippen LogP contribution >= 0.6 is 23.8 Å². The van der Waals surface area contributed by atoms with Crippen molar-refractivity contribution < 1.29 is 9.13 Å². The minimum absolute atomic E-state index is 0.308. The molecule has 4 nitrogen and oxygen atoms in total. The third-order valence-corrected chi connectivity index (χ3v) is 5.10. The predicted octanol–water partition coefficient (Wildman–Crippen LogP) is 4.00. The second-order valence-electron chi connectivity index (χ2n) is 6.16. The molecule has 0 spiro atoms. The second kappa shape index (κ2) is 8.66. The summed E-state index contributed by atoms with van der Waals surface area (Å²) in [6.45, 7) is 4.10. The standard InChI is InChI=1S/C19H21ClFN3OS/c1-25-17-4-2-3-16(12-17)22-19(26)24-9-7-23(8-10-24)13-14-5-6-15(21)11-18(14)20/h2-6,11-12H,7-10,13H2,1H3,(H,22,26). The molecule has 0 amide bonds. The Kier molecular flexibility index (Phi) is 6.29. The van der Waals surface area contributed by atoms with Crippen molar-refractivity contribution in [3.05, 3.63) is 58.9 Å². The zero-order valence-corrected chi connectivity index (χ0v) is 16.1. The number of methoxy groups -OCH3 is 1. The summed E-state index contributed by atoms with van der Waals surface area (Å²) in [7, 11) is 1.64. The number of ether oxygens (including phenoxy) is 1. The molecule has 1 fully saturated rings. The fourth-order valence-electron chi connectivity index (χ4n) is 2.90. The van der Waals surface area contributed by atoms with Crippen LogP contribution in [-0.2, 0) is 6.54 Å². The first kappa shape index (κ1) is 18.9. The van der Waals surface area contributed by atoms with Crippen molar-refractivity contribution >= 4 is 34.6 Å². The summed E-state index contributed by atoms with van der Waals surface area (Å²) < 4.78 is 18.4. The maximum atomic E-state index is 13.2. The Hall–Kier alpha value is -1.89. The van der Waals surface area contributed by atoms with Crippen molar-refractivity contribution in [2.75, 3.05) is 38.6 Å². The van der Waals surface area contributed by atoms with Crippen molar-refractivity contribution in [3.8, 4) is 5.75 Å². The minimum atomic E-state index is -0.308. The van der Waals surface area contributed by atoms with E-state index in [1.54, 1.807) is 13.2 Å². The van der Waals surface area contributed by atoms with E-state index in [0.717, 1.165) is 43.2 Å². The average molecular weight is 394 g/mol. The molecule has 1 aliphatic heterocycles. The van der Waals surface area contributed by atoms with Crippen molar-refractivity contribution in [2.45, 2.75) is 6.54 Å². The fourth-order valence-corrected chi connectivity index (χ4v) is 3.43. The van der Waals surface area contributed by atoms with Crippen LogP contribution < -0.4 is 10.1 Å². The molecule has 7 heteroatoms. The van der Waals surface area contributed by atoms with Gasteiger partial charge in [-0.2, -0.15) is 0 Å². The van der Waals surface area contributed by atoms with Crippen LogP contribution in [0.15, 0.2) is 42.5 Å². The first-order valence-electron chi connectivity index (χ1n) is 8.41. The van der Waals surface area contributed by atoms with Crippen LogP contribution in [0.1, 0.15) is 5.56 Å². The van der Waals surface area contributed by atoms with E-state index < -0.39 is 0 Å². The van der Waals surface area contributed by atoms with E-state index in [1.165, 1.54) is 12.1 Å². The smallest absolute Gasteiger partial charge is 0.173 e. The number of hydrogen-bond donors (Lipinski definition) is 1. The summed E-state index contributed by atoms with van der Waals surface area (Å²) in [5.74, 6) is 0.483. The molecule has 0 bridgehead atoms. The van der Waals surface area contributed by atoms with Crippen molar-refractivity contribution in [1.29, 1.82) is 0 Å². The second-order valence-corrected chi connectivity index (χ2v) is 6.95. The van der Waals surface area contributed by atoms with Crippen LogP contribution in [0.4, 0.5) is 10.1 Å². The maximum absolute atomic E-state index is 13.2. The van der Waals surface area contributed by atoms with Crippen LogP contribution in [-0.4, -0.2) is 48.2 Å². The van der Waals surface area contributed by atoms with Crippen LogP contribution in [0, 0.1) is 5.82 Å². The first-order chi connectivity index (χ1) is 12.5. The lowest BCUT2D eigenvalue weighted by Crippen LogP contribution is -2.49. The summed E-state index contributed by atoms with van der Waals surface area (Å²) in [5, 5.41) is 4.44. The number of thiocarbonyl (C=S) groups is 1. The van der Waals surface area contributed by atoms with E-state index in [4.69, 9.17) is 28.6 Å².